The highest BCUT2D eigenvalue weighted by Crippen LogP contribution is 2.54. The van der Waals surface area contributed by atoms with Crippen molar-refractivity contribution in [3.05, 3.63) is 24.3 Å². The monoisotopic (exact) mass is 266 g/mol. The minimum absolute atomic E-state index is 0.0406. The zero-order valence-corrected chi connectivity index (χ0v) is 11.3. The summed E-state index contributed by atoms with van der Waals surface area (Å²) in [5.74, 6) is -1.29. The predicted octanol–water partition coefficient (Wildman–Crippen LogP) is 1.73. The highest BCUT2D eigenvalue weighted by Gasteiger charge is 2.54. The maximum absolute atomic E-state index is 11.0. The van der Waals surface area contributed by atoms with Crippen molar-refractivity contribution in [1.29, 1.82) is 0 Å². The van der Waals surface area contributed by atoms with Crippen molar-refractivity contribution in [3.8, 4) is 0 Å². The van der Waals surface area contributed by atoms with Crippen LogP contribution in [0.2, 0.25) is 0 Å². The third-order valence-electron chi connectivity index (χ3n) is 5.21. The number of aliphatic hydroxyl groups excluding tert-OH is 2. The number of aliphatic hydroxyl groups is 2. The molecule has 106 valence electrons. The molecule has 2 aliphatic rings. The van der Waals surface area contributed by atoms with Crippen molar-refractivity contribution in [2.75, 3.05) is 0 Å². The average Bonchev–Trinajstić information content (AvgIpc) is 2.35. The summed E-state index contributed by atoms with van der Waals surface area (Å²) in [6.45, 7) is 9.55. The lowest BCUT2D eigenvalue weighted by atomic mass is 9.53. The molecule has 0 saturated heterocycles. The number of aliphatic carboxylic acids is 1. The summed E-state index contributed by atoms with van der Waals surface area (Å²) >= 11 is 0. The van der Waals surface area contributed by atoms with E-state index in [1.807, 2.05) is 6.92 Å². The van der Waals surface area contributed by atoms with E-state index < -0.39 is 23.6 Å². The van der Waals surface area contributed by atoms with Gasteiger partial charge in [-0.05, 0) is 37.5 Å². The molecular weight excluding hydrogens is 244 g/mol. The Bertz CT molecular complexity index is 428. The van der Waals surface area contributed by atoms with Gasteiger partial charge in [-0.2, -0.15) is 0 Å². The Labute approximate surface area is 113 Å². The van der Waals surface area contributed by atoms with E-state index in [0.29, 0.717) is 19.3 Å². The number of carboxylic acid groups (broad SMARTS) is 1. The van der Waals surface area contributed by atoms with Gasteiger partial charge in [-0.1, -0.05) is 25.7 Å². The molecule has 0 spiro atoms. The second kappa shape index (κ2) is 4.76. The molecule has 19 heavy (non-hydrogen) atoms. The van der Waals surface area contributed by atoms with Crippen LogP contribution >= 0.6 is 0 Å². The van der Waals surface area contributed by atoms with E-state index in [0.717, 1.165) is 12.0 Å². The summed E-state index contributed by atoms with van der Waals surface area (Å²) in [5, 5.41) is 29.7. The standard InChI is InChI=1S/C15H22O4/c1-8-4-5-12(16)15(3)11(8)6-10(7-13(15)17)9(2)14(18)19/h10-13,16-17H,1-2,4-7H2,3H3,(H,18,19)/t10-,11+,12+,13-,15+/m0/s1. The maximum atomic E-state index is 11.0. The first-order valence-electron chi connectivity index (χ1n) is 6.74. The first-order valence-corrected chi connectivity index (χ1v) is 6.74. The van der Waals surface area contributed by atoms with Crippen molar-refractivity contribution in [2.45, 2.75) is 44.8 Å². The Hall–Kier alpha value is -1.13. The van der Waals surface area contributed by atoms with E-state index in [1.165, 1.54) is 0 Å². The fourth-order valence-corrected chi connectivity index (χ4v) is 3.72. The Kier molecular flexibility index (Phi) is 3.58. The SMILES string of the molecule is C=C(C(=O)O)[C@H]1C[C@@H]2C(=C)CC[C@@H](O)[C@]2(C)[C@@H](O)C1. The number of carboxylic acids is 1. The molecule has 0 bridgehead atoms. The van der Waals surface area contributed by atoms with Crippen LogP contribution in [-0.4, -0.2) is 33.5 Å². The highest BCUT2D eigenvalue weighted by molar-refractivity contribution is 5.86. The smallest absolute Gasteiger partial charge is 0.331 e. The zero-order chi connectivity index (χ0) is 14.4. The summed E-state index contributed by atoms with van der Waals surface area (Å²) < 4.78 is 0. The Morgan fingerprint density at radius 2 is 1.95 bits per heavy atom. The Morgan fingerprint density at radius 1 is 1.32 bits per heavy atom. The molecule has 0 aromatic carbocycles. The van der Waals surface area contributed by atoms with E-state index in [9.17, 15) is 15.0 Å². The first kappa shape index (κ1) is 14.3. The molecule has 0 heterocycles. The van der Waals surface area contributed by atoms with E-state index in [1.54, 1.807) is 0 Å². The van der Waals surface area contributed by atoms with Crippen molar-refractivity contribution < 1.29 is 20.1 Å². The number of allylic oxidation sites excluding steroid dienone is 1. The molecule has 0 aromatic heterocycles. The summed E-state index contributed by atoms with van der Waals surface area (Å²) in [6, 6.07) is 0. The molecule has 0 aromatic rings. The van der Waals surface area contributed by atoms with Crippen LogP contribution in [0, 0.1) is 17.3 Å². The van der Waals surface area contributed by atoms with Crippen LogP contribution in [0.1, 0.15) is 32.6 Å². The van der Waals surface area contributed by atoms with Gasteiger partial charge in [0.2, 0.25) is 0 Å². The van der Waals surface area contributed by atoms with Crippen LogP contribution in [0.25, 0.3) is 0 Å². The van der Waals surface area contributed by atoms with Gasteiger partial charge in [0.25, 0.3) is 0 Å². The molecule has 2 saturated carbocycles. The lowest BCUT2D eigenvalue weighted by Gasteiger charge is -2.54. The third kappa shape index (κ3) is 2.13. The highest BCUT2D eigenvalue weighted by atomic mass is 16.4. The van der Waals surface area contributed by atoms with Gasteiger partial charge in [-0.15, -0.1) is 0 Å². The third-order valence-corrected chi connectivity index (χ3v) is 5.21. The van der Waals surface area contributed by atoms with Crippen LogP contribution in [0.5, 0.6) is 0 Å². The fourth-order valence-electron chi connectivity index (χ4n) is 3.72. The molecule has 2 rings (SSSR count). The van der Waals surface area contributed by atoms with Crippen LogP contribution in [0.4, 0.5) is 0 Å². The minimum atomic E-state index is -1.01. The quantitative estimate of drug-likeness (QED) is 0.525. The Morgan fingerprint density at radius 3 is 2.53 bits per heavy atom. The second-order valence-electron chi connectivity index (χ2n) is 6.15. The fraction of sp³-hybridized carbons (Fsp3) is 0.667. The van der Waals surface area contributed by atoms with E-state index in [4.69, 9.17) is 5.11 Å². The molecule has 0 amide bonds. The van der Waals surface area contributed by atoms with Crippen LogP contribution in [0.3, 0.4) is 0 Å². The minimum Gasteiger partial charge on any atom is -0.478 e. The largest absolute Gasteiger partial charge is 0.478 e. The molecule has 2 fully saturated rings. The van der Waals surface area contributed by atoms with Gasteiger partial charge >= 0.3 is 5.97 Å². The lowest BCUT2D eigenvalue weighted by molar-refractivity contribution is -0.139. The van der Waals surface area contributed by atoms with Gasteiger partial charge < -0.3 is 15.3 Å². The number of carbonyl (C=O) groups is 1. The predicted molar refractivity (Wildman–Crippen MR) is 71.5 cm³/mol. The van der Waals surface area contributed by atoms with Gasteiger partial charge in [0.15, 0.2) is 0 Å². The van der Waals surface area contributed by atoms with Crippen molar-refractivity contribution >= 4 is 5.97 Å². The van der Waals surface area contributed by atoms with Gasteiger partial charge in [-0.25, -0.2) is 4.79 Å². The van der Waals surface area contributed by atoms with E-state index in [2.05, 4.69) is 13.2 Å². The molecule has 2 aliphatic carbocycles. The number of fused-ring (bicyclic) bond motifs is 1. The van der Waals surface area contributed by atoms with E-state index >= 15 is 0 Å². The lowest BCUT2D eigenvalue weighted by Crippen LogP contribution is -2.55. The summed E-state index contributed by atoms with van der Waals surface area (Å²) in [4.78, 5) is 11.0. The summed E-state index contributed by atoms with van der Waals surface area (Å²) in [7, 11) is 0. The molecule has 0 unspecified atom stereocenters. The van der Waals surface area contributed by atoms with E-state index in [-0.39, 0.29) is 17.4 Å². The van der Waals surface area contributed by atoms with Crippen molar-refractivity contribution in [1.82, 2.24) is 0 Å². The molecule has 5 atom stereocenters. The molecule has 0 aliphatic heterocycles. The topological polar surface area (TPSA) is 77.8 Å². The maximum Gasteiger partial charge on any atom is 0.331 e. The summed E-state index contributed by atoms with van der Waals surface area (Å²) in [6.07, 6.45) is 1.03. The van der Waals surface area contributed by atoms with Crippen LogP contribution in [-0.2, 0) is 4.79 Å². The molecule has 4 heteroatoms. The van der Waals surface area contributed by atoms with Crippen molar-refractivity contribution in [2.24, 2.45) is 17.3 Å². The van der Waals surface area contributed by atoms with Crippen LogP contribution in [0.15, 0.2) is 24.3 Å². The number of hydrogen-bond donors (Lipinski definition) is 3. The number of rotatable bonds is 2. The zero-order valence-electron chi connectivity index (χ0n) is 11.3. The van der Waals surface area contributed by atoms with Gasteiger partial charge in [0.1, 0.15) is 0 Å². The van der Waals surface area contributed by atoms with Gasteiger partial charge in [-0.3, -0.25) is 0 Å². The summed E-state index contributed by atoms with van der Waals surface area (Å²) in [5.41, 5.74) is 0.550. The second-order valence-corrected chi connectivity index (χ2v) is 6.15. The first-order chi connectivity index (χ1) is 8.78. The number of hydrogen-bond acceptors (Lipinski definition) is 3. The molecule has 0 radical (unpaired) electrons. The normalized spacial score (nSPS) is 42.6. The van der Waals surface area contributed by atoms with Gasteiger partial charge in [0.05, 0.1) is 12.2 Å². The molecule has 3 N–H and O–H groups in total. The Balaban J connectivity index is 2.29. The average molecular weight is 266 g/mol. The van der Waals surface area contributed by atoms with Crippen molar-refractivity contribution in [3.63, 3.8) is 0 Å². The van der Waals surface area contributed by atoms with Crippen LogP contribution < -0.4 is 0 Å². The molecule has 4 nitrogen and oxygen atoms in total. The molecular formula is C15H22O4. The van der Waals surface area contributed by atoms with Gasteiger partial charge in [0, 0.05) is 11.0 Å².